The summed E-state index contributed by atoms with van der Waals surface area (Å²) in [7, 11) is 1.65. The molecule has 7 heteroatoms. The van der Waals surface area contributed by atoms with Gasteiger partial charge in [0.25, 0.3) is 5.91 Å². The van der Waals surface area contributed by atoms with E-state index in [0.29, 0.717) is 25.0 Å². The maximum Gasteiger partial charge on any atom is 0.325 e. The number of carbonyl (C=O) groups excluding carboxylic acids is 3. The highest BCUT2D eigenvalue weighted by Crippen LogP contribution is 2.33. The molecule has 0 unspecified atom stereocenters. The van der Waals surface area contributed by atoms with Crippen LogP contribution in [0.2, 0.25) is 0 Å². The second kappa shape index (κ2) is 8.07. The molecule has 28 heavy (non-hydrogen) atoms. The molecule has 1 atom stereocenters. The van der Waals surface area contributed by atoms with Gasteiger partial charge in [-0.25, -0.2) is 4.79 Å². The molecule has 1 N–H and O–H groups in total. The molecular formula is C21H31N3O4. The topological polar surface area (TPSA) is 80.6 Å². The molecule has 0 aromatic carbocycles. The number of ketones is 1. The Bertz CT molecular complexity index is 775. The number of nitrogens with zero attached hydrogens (tertiary/aromatic N) is 2. The molecule has 0 radical (unpaired) electrons. The summed E-state index contributed by atoms with van der Waals surface area (Å²) < 4.78 is 7.30. The molecule has 154 valence electrons. The van der Waals surface area contributed by atoms with Crippen molar-refractivity contribution in [2.45, 2.75) is 70.9 Å². The van der Waals surface area contributed by atoms with Crippen LogP contribution < -0.4 is 5.32 Å². The normalized spacial score (nSPS) is 20.4. The van der Waals surface area contributed by atoms with E-state index in [1.165, 1.54) is 0 Å². The van der Waals surface area contributed by atoms with E-state index >= 15 is 0 Å². The minimum Gasteiger partial charge on any atom is -0.383 e. The predicted octanol–water partition coefficient (Wildman–Crippen LogP) is 3.14. The number of nitrogens with one attached hydrogen (secondary N) is 1. The van der Waals surface area contributed by atoms with E-state index in [0.717, 1.165) is 42.0 Å². The number of urea groups is 1. The number of Topliss-reactive ketones (excluding diaryl/α,β-unsaturated/α-hetero) is 1. The molecule has 1 aromatic heterocycles. The summed E-state index contributed by atoms with van der Waals surface area (Å²) in [6.07, 6.45) is 5.32. The van der Waals surface area contributed by atoms with E-state index in [-0.39, 0.29) is 24.3 Å². The molecular weight excluding hydrogens is 358 g/mol. The molecule has 7 nitrogen and oxygen atoms in total. The van der Waals surface area contributed by atoms with Gasteiger partial charge in [0.05, 0.1) is 19.2 Å². The van der Waals surface area contributed by atoms with Gasteiger partial charge >= 0.3 is 6.03 Å². The fourth-order valence-electron chi connectivity index (χ4n) is 4.77. The smallest absolute Gasteiger partial charge is 0.325 e. The molecule has 2 fully saturated rings. The highest BCUT2D eigenvalue weighted by atomic mass is 16.5. The number of aromatic nitrogens is 1. The number of amides is 3. The van der Waals surface area contributed by atoms with Gasteiger partial charge in [0.1, 0.15) is 5.54 Å². The average Bonchev–Trinajstić information content (AvgIpc) is 2.93. The Morgan fingerprint density at radius 1 is 1.21 bits per heavy atom. The number of rotatable bonds is 6. The van der Waals surface area contributed by atoms with Gasteiger partial charge in [0.15, 0.2) is 5.78 Å². The fraction of sp³-hybridized carbons (Fsp3) is 0.667. The minimum absolute atomic E-state index is 0.0949. The van der Waals surface area contributed by atoms with Crippen molar-refractivity contribution >= 4 is 17.7 Å². The molecule has 0 bridgehead atoms. The second-order valence-corrected chi connectivity index (χ2v) is 8.20. The molecule has 1 spiro atoms. The van der Waals surface area contributed by atoms with Gasteiger partial charge in [-0.2, -0.15) is 0 Å². The Morgan fingerprint density at radius 2 is 1.86 bits per heavy atom. The van der Waals surface area contributed by atoms with Crippen molar-refractivity contribution in [3.63, 3.8) is 0 Å². The van der Waals surface area contributed by atoms with E-state index in [1.54, 1.807) is 7.11 Å². The van der Waals surface area contributed by atoms with Crippen LogP contribution in [0.4, 0.5) is 4.79 Å². The van der Waals surface area contributed by atoms with Gasteiger partial charge in [-0.1, -0.05) is 25.7 Å². The highest BCUT2D eigenvalue weighted by molar-refractivity contribution is 6.11. The molecule has 1 saturated heterocycles. The van der Waals surface area contributed by atoms with Crippen molar-refractivity contribution in [2.75, 3.05) is 20.3 Å². The number of methoxy groups -OCH3 is 1. The first-order valence-electron chi connectivity index (χ1n) is 10.2. The van der Waals surface area contributed by atoms with Gasteiger partial charge in [-0.05, 0) is 39.7 Å². The number of hydrogen-bond donors (Lipinski definition) is 1. The Morgan fingerprint density at radius 3 is 2.46 bits per heavy atom. The van der Waals surface area contributed by atoms with Crippen molar-refractivity contribution in [2.24, 2.45) is 0 Å². The van der Waals surface area contributed by atoms with Gasteiger partial charge < -0.3 is 14.6 Å². The lowest BCUT2D eigenvalue weighted by atomic mass is 9.90. The first-order valence-corrected chi connectivity index (χ1v) is 10.2. The number of ether oxygens (including phenoxy) is 1. The van der Waals surface area contributed by atoms with Crippen molar-refractivity contribution in [1.82, 2.24) is 14.8 Å². The standard InChI is InChI=1S/C21H31N3O4/c1-14-11-17(16(3)24(14)15(2)13-28-4)18(25)12-23-19(26)21(22-20(23)27)9-7-5-6-8-10-21/h11,15H,5-10,12-13H2,1-4H3,(H,22,27)/t15-/m1/s1. The molecule has 1 aromatic rings. The van der Waals surface area contributed by atoms with Crippen LogP contribution in [-0.2, 0) is 9.53 Å². The number of aryl methyl sites for hydroxylation is 1. The van der Waals surface area contributed by atoms with Gasteiger partial charge in [0.2, 0.25) is 0 Å². The Hall–Kier alpha value is -2.15. The van der Waals surface area contributed by atoms with Crippen molar-refractivity contribution < 1.29 is 19.1 Å². The van der Waals surface area contributed by atoms with Crippen LogP contribution in [0.1, 0.15) is 73.2 Å². The minimum atomic E-state index is -0.808. The van der Waals surface area contributed by atoms with Crippen LogP contribution >= 0.6 is 0 Å². The largest absolute Gasteiger partial charge is 0.383 e. The third-order valence-corrected chi connectivity index (χ3v) is 6.14. The van der Waals surface area contributed by atoms with E-state index in [2.05, 4.69) is 9.88 Å². The van der Waals surface area contributed by atoms with Crippen molar-refractivity contribution in [3.8, 4) is 0 Å². The van der Waals surface area contributed by atoms with Crippen molar-refractivity contribution in [3.05, 3.63) is 23.0 Å². The summed E-state index contributed by atoms with van der Waals surface area (Å²) in [5.41, 5.74) is 1.55. The van der Waals surface area contributed by atoms with Crippen LogP contribution in [0.15, 0.2) is 6.07 Å². The fourth-order valence-corrected chi connectivity index (χ4v) is 4.77. The summed E-state index contributed by atoms with van der Waals surface area (Å²) in [5, 5.41) is 2.90. The summed E-state index contributed by atoms with van der Waals surface area (Å²) in [4.78, 5) is 39.6. The molecule has 1 aliphatic carbocycles. The number of imide groups is 1. The Kier molecular flexibility index (Phi) is 5.93. The maximum absolute atomic E-state index is 13.0. The zero-order valence-corrected chi connectivity index (χ0v) is 17.3. The van der Waals surface area contributed by atoms with Gasteiger partial charge in [-0.15, -0.1) is 0 Å². The van der Waals surface area contributed by atoms with Crippen LogP contribution in [-0.4, -0.2) is 53.0 Å². The summed E-state index contributed by atoms with van der Waals surface area (Å²) in [5.74, 6) is -0.451. The SMILES string of the molecule is COC[C@@H](C)n1c(C)cc(C(=O)CN2C(=O)NC3(CCCCCC3)C2=O)c1C. The monoisotopic (exact) mass is 389 g/mol. The summed E-state index contributed by atoms with van der Waals surface area (Å²) in [6, 6.07) is 1.49. The predicted molar refractivity (Wildman–Crippen MR) is 106 cm³/mol. The lowest BCUT2D eigenvalue weighted by Crippen LogP contribution is -2.46. The van der Waals surface area contributed by atoms with Crippen LogP contribution in [0, 0.1) is 13.8 Å². The lowest BCUT2D eigenvalue weighted by Gasteiger charge is -2.24. The van der Waals surface area contributed by atoms with Gasteiger partial charge in [-0.3, -0.25) is 14.5 Å². The Balaban J connectivity index is 1.79. The molecule has 1 aliphatic heterocycles. The van der Waals surface area contributed by atoms with Gasteiger partial charge in [0, 0.05) is 24.1 Å². The van der Waals surface area contributed by atoms with E-state index in [1.807, 2.05) is 26.8 Å². The molecule has 2 aliphatic rings. The quantitative estimate of drug-likeness (QED) is 0.599. The second-order valence-electron chi connectivity index (χ2n) is 8.20. The summed E-state index contributed by atoms with van der Waals surface area (Å²) >= 11 is 0. The molecule has 3 rings (SSSR count). The first kappa shape index (κ1) is 20.6. The Labute approximate surface area is 166 Å². The zero-order chi connectivity index (χ0) is 20.5. The lowest BCUT2D eigenvalue weighted by molar-refractivity contribution is -0.131. The third-order valence-electron chi connectivity index (χ3n) is 6.14. The van der Waals surface area contributed by atoms with Crippen LogP contribution in [0.5, 0.6) is 0 Å². The molecule has 2 heterocycles. The van der Waals surface area contributed by atoms with Crippen LogP contribution in [0.25, 0.3) is 0 Å². The van der Waals surface area contributed by atoms with E-state index in [9.17, 15) is 14.4 Å². The zero-order valence-electron chi connectivity index (χ0n) is 17.3. The molecule has 1 saturated carbocycles. The molecule has 3 amide bonds. The van der Waals surface area contributed by atoms with Crippen molar-refractivity contribution in [1.29, 1.82) is 0 Å². The summed E-state index contributed by atoms with van der Waals surface area (Å²) in [6.45, 7) is 6.20. The number of hydrogen-bond acceptors (Lipinski definition) is 4. The highest BCUT2D eigenvalue weighted by Gasteiger charge is 2.51. The first-order chi connectivity index (χ1) is 13.3. The average molecular weight is 389 g/mol. The van der Waals surface area contributed by atoms with E-state index in [4.69, 9.17) is 4.74 Å². The third kappa shape index (κ3) is 3.60. The van der Waals surface area contributed by atoms with E-state index < -0.39 is 11.6 Å². The number of carbonyl (C=O) groups is 3. The van der Waals surface area contributed by atoms with Crippen LogP contribution in [0.3, 0.4) is 0 Å². The maximum atomic E-state index is 13.0.